The SMILES string of the molecule is CC1=CC(O[C@H]2O[C@@H](CO)[C@H](O)[C@@H](O)[C@@H]2O)C2C(C)(C)C(=O)CC[C@@]2(C)[C@@H]1COc1ccc2ccc(=O)oc2c1. The van der Waals surface area contributed by atoms with Crippen molar-refractivity contribution in [2.24, 2.45) is 22.7 Å². The maximum absolute atomic E-state index is 13.2. The molecule has 0 amide bonds. The van der Waals surface area contributed by atoms with E-state index in [0.717, 1.165) is 11.0 Å². The highest BCUT2D eigenvalue weighted by Gasteiger charge is 2.60. The molecule has 0 bridgehead atoms. The van der Waals surface area contributed by atoms with Crippen LogP contribution in [-0.2, 0) is 14.3 Å². The van der Waals surface area contributed by atoms with Crippen molar-refractivity contribution < 1.29 is 43.8 Å². The number of aliphatic hydroxyl groups excluding tert-OH is 4. The summed E-state index contributed by atoms with van der Waals surface area (Å²) in [5.41, 5.74) is -0.259. The van der Waals surface area contributed by atoms with Crippen LogP contribution in [0.1, 0.15) is 40.5 Å². The van der Waals surface area contributed by atoms with Crippen LogP contribution in [0.4, 0.5) is 0 Å². The number of benzene rings is 1. The average molecular weight is 559 g/mol. The van der Waals surface area contributed by atoms with Crippen LogP contribution in [0.25, 0.3) is 11.0 Å². The lowest BCUT2D eigenvalue weighted by molar-refractivity contribution is -0.317. The zero-order valence-corrected chi connectivity index (χ0v) is 23.1. The van der Waals surface area contributed by atoms with Crippen LogP contribution < -0.4 is 10.4 Å². The first-order valence-electron chi connectivity index (χ1n) is 13.7. The van der Waals surface area contributed by atoms with E-state index in [1.54, 1.807) is 12.1 Å². The Balaban J connectivity index is 1.45. The fraction of sp³-hybridized carbons (Fsp3) is 0.600. The zero-order chi connectivity index (χ0) is 29.0. The van der Waals surface area contributed by atoms with E-state index >= 15 is 0 Å². The van der Waals surface area contributed by atoms with Gasteiger partial charge in [-0.3, -0.25) is 4.79 Å². The van der Waals surface area contributed by atoms with Crippen molar-refractivity contribution in [3.8, 4) is 5.75 Å². The minimum absolute atomic E-state index is 0.0852. The third-order valence-electron chi connectivity index (χ3n) is 9.35. The summed E-state index contributed by atoms with van der Waals surface area (Å²) in [5.74, 6) is 0.244. The van der Waals surface area contributed by atoms with Gasteiger partial charge >= 0.3 is 5.63 Å². The Labute approximate surface area is 232 Å². The van der Waals surface area contributed by atoms with Crippen LogP contribution in [0.2, 0.25) is 0 Å². The number of hydrogen-bond acceptors (Lipinski definition) is 10. The van der Waals surface area contributed by atoms with Gasteiger partial charge in [-0.15, -0.1) is 0 Å². The number of carbonyl (C=O) groups is 1. The number of aliphatic hydroxyl groups is 4. The summed E-state index contributed by atoms with van der Waals surface area (Å²) in [5, 5.41) is 41.5. The molecule has 1 aliphatic heterocycles. The molecule has 2 aromatic rings. The molecule has 1 saturated carbocycles. The van der Waals surface area contributed by atoms with E-state index in [2.05, 4.69) is 6.92 Å². The molecule has 0 radical (unpaired) electrons. The van der Waals surface area contributed by atoms with Gasteiger partial charge in [-0.25, -0.2) is 4.79 Å². The van der Waals surface area contributed by atoms with Gasteiger partial charge < -0.3 is 39.1 Å². The molecular weight excluding hydrogens is 520 g/mol. The van der Waals surface area contributed by atoms with Crippen molar-refractivity contribution in [1.82, 2.24) is 0 Å². The van der Waals surface area contributed by atoms with Gasteiger partial charge in [0.05, 0.1) is 19.3 Å². The van der Waals surface area contributed by atoms with Gasteiger partial charge in [-0.05, 0) is 37.0 Å². The first-order chi connectivity index (χ1) is 18.9. The van der Waals surface area contributed by atoms with E-state index in [1.165, 1.54) is 6.07 Å². The normalized spacial score (nSPS) is 37.6. The number of carbonyl (C=O) groups excluding carboxylic acids is 1. The van der Waals surface area contributed by atoms with Gasteiger partial charge in [-0.1, -0.05) is 32.4 Å². The van der Waals surface area contributed by atoms with Crippen molar-refractivity contribution in [2.45, 2.75) is 77.3 Å². The largest absolute Gasteiger partial charge is 0.493 e. The van der Waals surface area contributed by atoms with Gasteiger partial charge in [0.25, 0.3) is 0 Å². The molecule has 5 rings (SSSR count). The third kappa shape index (κ3) is 4.91. The average Bonchev–Trinajstić information content (AvgIpc) is 2.90. The fourth-order valence-corrected chi connectivity index (χ4v) is 7.11. The summed E-state index contributed by atoms with van der Waals surface area (Å²) in [6.07, 6.45) is -4.76. The van der Waals surface area contributed by atoms with E-state index in [9.17, 15) is 30.0 Å². The first kappa shape index (κ1) is 28.9. The number of ketones is 1. The Morgan fingerprint density at radius 2 is 1.75 bits per heavy atom. The Morgan fingerprint density at radius 3 is 2.48 bits per heavy atom. The minimum Gasteiger partial charge on any atom is -0.493 e. The van der Waals surface area contributed by atoms with Gasteiger partial charge in [0, 0.05) is 41.2 Å². The number of hydrogen-bond donors (Lipinski definition) is 4. The lowest BCUT2D eigenvalue weighted by Crippen LogP contribution is -2.62. The van der Waals surface area contributed by atoms with Crippen molar-refractivity contribution >= 4 is 16.8 Å². The van der Waals surface area contributed by atoms with Crippen molar-refractivity contribution in [3.63, 3.8) is 0 Å². The molecule has 2 unspecified atom stereocenters. The molecular formula is C30H38O10. The van der Waals surface area contributed by atoms with Crippen LogP contribution in [0.3, 0.4) is 0 Å². The first-order valence-corrected chi connectivity index (χ1v) is 13.7. The number of rotatable bonds is 6. The third-order valence-corrected chi connectivity index (χ3v) is 9.35. The monoisotopic (exact) mass is 558 g/mol. The molecule has 3 aliphatic rings. The molecule has 1 aromatic heterocycles. The van der Waals surface area contributed by atoms with Crippen LogP contribution in [-0.4, -0.2) is 76.2 Å². The molecule has 9 atom stereocenters. The van der Waals surface area contributed by atoms with Crippen LogP contribution in [0.5, 0.6) is 5.75 Å². The summed E-state index contributed by atoms with van der Waals surface area (Å²) in [7, 11) is 0. The van der Waals surface area contributed by atoms with E-state index < -0.39 is 59.9 Å². The zero-order valence-electron chi connectivity index (χ0n) is 23.1. The second-order valence-electron chi connectivity index (χ2n) is 12.2. The summed E-state index contributed by atoms with van der Waals surface area (Å²) >= 11 is 0. The second kappa shape index (κ2) is 10.7. The van der Waals surface area contributed by atoms with Crippen molar-refractivity contribution in [2.75, 3.05) is 13.2 Å². The molecule has 10 heteroatoms. The quantitative estimate of drug-likeness (QED) is 0.305. The highest BCUT2D eigenvalue weighted by atomic mass is 16.7. The summed E-state index contributed by atoms with van der Waals surface area (Å²) in [6, 6.07) is 8.41. The van der Waals surface area contributed by atoms with Gasteiger partial charge in [0.2, 0.25) is 0 Å². The van der Waals surface area contributed by atoms with E-state index in [4.69, 9.17) is 18.6 Å². The molecule has 1 aromatic carbocycles. The minimum atomic E-state index is -1.57. The van der Waals surface area contributed by atoms with Crippen LogP contribution in [0, 0.1) is 22.7 Å². The topological polar surface area (TPSA) is 156 Å². The maximum Gasteiger partial charge on any atom is 0.336 e. The summed E-state index contributed by atoms with van der Waals surface area (Å²) in [4.78, 5) is 24.9. The van der Waals surface area contributed by atoms with Gasteiger partial charge in [-0.2, -0.15) is 0 Å². The molecule has 2 heterocycles. The Hall–Kier alpha value is -2.60. The predicted octanol–water partition coefficient (Wildman–Crippen LogP) is 1.94. The van der Waals surface area contributed by atoms with Crippen molar-refractivity contribution in [1.29, 1.82) is 0 Å². The lowest BCUT2D eigenvalue weighted by atomic mass is 9.47. The summed E-state index contributed by atoms with van der Waals surface area (Å²) in [6.45, 7) is 7.65. The molecule has 10 nitrogen and oxygen atoms in total. The highest BCUT2D eigenvalue weighted by Crippen LogP contribution is 2.59. The highest BCUT2D eigenvalue weighted by molar-refractivity contribution is 5.85. The van der Waals surface area contributed by atoms with Crippen LogP contribution in [0.15, 0.2) is 51.2 Å². The van der Waals surface area contributed by atoms with Gasteiger partial charge in [0.1, 0.15) is 41.5 Å². The lowest BCUT2D eigenvalue weighted by Gasteiger charge is -2.58. The fourth-order valence-electron chi connectivity index (χ4n) is 7.11. The molecule has 2 fully saturated rings. The Kier molecular flexibility index (Phi) is 7.71. The summed E-state index contributed by atoms with van der Waals surface area (Å²) < 4.78 is 23.5. The van der Waals surface area contributed by atoms with Gasteiger partial charge in [0.15, 0.2) is 6.29 Å². The van der Waals surface area contributed by atoms with E-state index in [1.807, 2.05) is 39.0 Å². The number of Topliss-reactive ketones (excluding diaryl/α,β-unsaturated/α-hetero) is 1. The second-order valence-corrected chi connectivity index (χ2v) is 12.2. The molecule has 1 saturated heterocycles. The van der Waals surface area contributed by atoms with Crippen LogP contribution >= 0.6 is 0 Å². The number of fused-ring (bicyclic) bond motifs is 2. The smallest absolute Gasteiger partial charge is 0.336 e. The predicted molar refractivity (Wildman–Crippen MR) is 143 cm³/mol. The van der Waals surface area contributed by atoms with E-state index in [0.29, 0.717) is 30.8 Å². The standard InChI is InChI=1S/C30H38O10/c1-15-11-20(39-28-26(36)25(35)24(34)21(13-31)40-28)27-29(2,3)22(32)9-10-30(27,4)18(15)14-37-17-7-5-16-6-8-23(33)38-19(16)12-17/h5-8,11-12,18,20-21,24-28,31,34-36H,9-10,13-14H2,1-4H3/t18-,20?,21+,24+,25-,26+,27?,28+,30+/m1/s1. The molecule has 218 valence electrons. The molecule has 2 aliphatic carbocycles. The van der Waals surface area contributed by atoms with Crippen molar-refractivity contribution in [3.05, 3.63) is 52.4 Å². The number of ether oxygens (including phenoxy) is 3. The maximum atomic E-state index is 13.2. The Morgan fingerprint density at radius 1 is 1.02 bits per heavy atom. The molecule has 40 heavy (non-hydrogen) atoms. The Bertz CT molecular complexity index is 1350. The molecule has 0 spiro atoms. The molecule has 4 N–H and O–H groups in total. The van der Waals surface area contributed by atoms with E-state index in [-0.39, 0.29) is 17.6 Å².